The highest BCUT2D eigenvalue weighted by atomic mass is 35.5. The second kappa shape index (κ2) is 8.44. The van der Waals surface area contributed by atoms with Gasteiger partial charge in [-0.05, 0) is 65.5 Å². The SMILES string of the molecule is C[Si](C)(C)O[Si](C)(C)C.C[Si](C)(O)O[Si](C)(C)O.[Cl-]. The van der Waals surface area contributed by atoms with Gasteiger partial charge in [0.15, 0.2) is 16.6 Å². The Morgan fingerprint density at radius 1 is 0.526 bits per heavy atom. The third kappa shape index (κ3) is 32.5. The summed E-state index contributed by atoms with van der Waals surface area (Å²) in [7, 11) is -7.42. The Morgan fingerprint density at radius 2 is 0.737 bits per heavy atom. The van der Waals surface area contributed by atoms with Crippen LogP contribution in [0.4, 0.5) is 0 Å². The van der Waals surface area contributed by atoms with Gasteiger partial charge in [-0.25, -0.2) is 0 Å². The Bertz CT molecular complexity index is 188. The van der Waals surface area contributed by atoms with Crippen LogP contribution < -0.4 is 12.4 Å². The van der Waals surface area contributed by atoms with Crippen LogP contribution in [-0.4, -0.2) is 43.3 Å². The lowest BCUT2D eigenvalue weighted by molar-refractivity contribution is -0.0000122. The molecule has 0 saturated carbocycles. The molecule has 9 heteroatoms. The first-order chi connectivity index (χ1) is 7.41. The second-order valence-corrected chi connectivity index (χ2v) is 23.2. The van der Waals surface area contributed by atoms with E-state index in [9.17, 15) is 0 Å². The zero-order valence-corrected chi connectivity index (χ0v) is 18.8. The van der Waals surface area contributed by atoms with E-state index in [1.54, 1.807) is 26.2 Å². The molecule has 0 aliphatic carbocycles. The minimum absolute atomic E-state index is 0. The van der Waals surface area contributed by atoms with Crippen LogP contribution in [0.3, 0.4) is 0 Å². The number of halogens is 1. The van der Waals surface area contributed by atoms with Crippen LogP contribution in [-0.2, 0) is 8.23 Å². The highest BCUT2D eigenvalue weighted by Crippen LogP contribution is 2.12. The predicted octanol–water partition coefficient (Wildman–Crippen LogP) is 0.0680. The van der Waals surface area contributed by atoms with Crippen LogP contribution in [0.2, 0.25) is 65.5 Å². The number of rotatable bonds is 4. The molecule has 0 unspecified atom stereocenters. The van der Waals surface area contributed by atoms with Gasteiger partial charge in [0, 0.05) is 0 Å². The molecular formula is C10H32ClO4Si4-. The van der Waals surface area contributed by atoms with Gasteiger partial charge >= 0.3 is 17.1 Å². The van der Waals surface area contributed by atoms with Gasteiger partial charge in [-0.15, -0.1) is 0 Å². The van der Waals surface area contributed by atoms with Crippen molar-refractivity contribution in [3.8, 4) is 0 Å². The van der Waals surface area contributed by atoms with E-state index in [0.29, 0.717) is 0 Å². The predicted molar refractivity (Wildman–Crippen MR) is 88.3 cm³/mol. The molecule has 0 aromatic carbocycles. The van der Waals surface area contributed by atoms with Crippen molar-refractivity contribution in [3.05, 3.63) is 0 Å². The molecule has 0 bridgehead atoms. The van der Waals surface area contributed by atoms with E-state index in [1.807, 2.05) is 0 Å². The number of hydrogen-bond donors (Lipinski definition) is 2. The number of hydrogen-bond acceptors (Lipinski definition) is 4. The van der Waals surface area contributed by atoms with Gasteiger partial charge in [0.2, 0.25) is 0 Å². The Labute approximate surface area is 129 Å². The normalized spacial score (nSPS) is 13.3. The summed E-state index contributed by atoms with van der Waals surface area (Å²) >= 11 is 0. The smallest absolute Gasteiger partial charge is 0.320 e. The van der Waals surface area contributed by atoms with Crippen molar-refractivity contribution in [1.29, 1.82) is 0 Å². The minimum Gasteiger partial charge on any atom is -1.00 e. The average molecular weight is 364 g/mol. The average Bonchev–Trinajstić information content (AvgIpc) is 1.64. The fourth-order valence-electron chi connectivity index (χ4n) is 1.53. The molecule has 0 aliphatic rings. The Morgan fingerprint density at radius 3 is 0.737 bits per heavy atom. The standard InChI is InChI=1S/C6H18OSi2.C4H14O3Si2.ClH/c1-8(2,3)7-9(4,5)6;1-8(2,5)7-9(3,4)6;/h1-6H3;5-6H,1-4H3;1H/p-1. The van der Waals surface area contributed by atoms with Crippen molar-refractivity contribution in [3.63, 3.8) is 0 Å². The lowest BCUT2D eigenvalue weighted by Crippen LogP contribution is -3.00. The van der Waals surface area contributed by atoms with E-state index in [1.165, 1.54) is 0 Å². The van der Waals surface area contributed by atoms with Crippen molar-refractivity contribution in [2.45, 2.75) is 65.5 Å². The van der Waals surface area contributed by atoms with Crippen LogP contribution in [0.25, 0.3) is 0 Å². The van der Waals surface area contributed by atoms with Crippen molar-refractivity contribution in [2.24, 2.45) is 0 Å². The molecule has 0 spiro atoms. The maximum atomic E-state index is 9.14. The fraction of sp³-hybridized carbons (Fsp3) is 1.00. The summed E-state index contributed by atoms with van der Waals surface area (Å²) in [5, 5.41) is 0. The van der Waals surface area contributed by atoms with Gasteiger partial charge in [-0.2, -0.15) is 0 Å². The summed E-state index contributed by atoms with van der Waals surface area (Å²) < 4.78 is 10.9. The van der Waals surface area contributed by atoms with Crippen molar-refractivity contribution < 1.29 is 30.2 Å². The van der Waals surface area contributed by atoms with E-state index >= 15 is 0 Å². The molecule has 0 rings (SSSR count). The van der Waals surface area contributed by atoms with E-state index < -0.39 is 33.8 Å². The first-order valence-electron chi connectivity index (χ1n) is 6.26. The first-order valence-corrected chi connectivity index (χ1v) is 18.8. The highest BCUT2D eigenvalue weighted by Gasteiger charge is 2.30. The summed E-state index contributed by atoms with van der Waals surface area (Å²) in [5.41, 5.74) is 0. The first kappa shape index (κ1) is 25.0. The van der Waals surface area contributed by atoms with Crippen LogP contribution >= 0.6 is 0 Å². The largest absolute Gasteiger partial charge is 1.00 e. The molecule has 0 heterocycles. The van der Waals surface area contributed by atoms with Crippen molar-refractivity contribution in [2.75, 3.05) is 0 Å². The summed E-state index contributed by atoms with van der Waals surface area (Å²) in [6, 6.07) is 0. The molecule has 0 aromatic rings. The van der Waals surface area contributed by atoms with Crippen molar-refractivity contribution in [1.82, 2.24) is 0 Å². The Balaban J connectivity index is -0.000000256. The molecule has 0 fully saturated rings. The summed E-state index contributed by atoms with van der Waals surface area (Å²) in [5.74, 6) is 0. The lowest BCUT2D eigenvalue weighted by Gasteiger charge is -2.27. The lowest BCUT2D eigenvalue weighted by atomic mass is 11.8. The summed E-state index contributed by atoms with van der Waals surface area (Å²) in [6.45, 7) is 20.0. The third-order valence-corrected chi connectivity index (χ3v) is 10.0. The molecule has 0 radical (unpaired) electrons. The van der Waals surface area contributed by atoms with Gasteiger partial charge < -0.3 is 30.2 Å². The zero-order chi connectivity index (χ0) is 15.4. The maximum absolute atomic E-state index is 9.14. The zero-order valence-electron chi connectivity index (χ0n) is 14.1. The molecule has 0 aromatic heterocycles. The molecule has 4 nitrogen and oxygen atoms in total. The topological polar surface area (TPSA) is 58.9 Å². The summed E-state index contributed by atoms with van der Waals surface area (Å²) in [4.78, 5) is 18.3. The van der Waals surface area contributed by atoms with Crippen LogP contribution in [0.1, 0.15) is 0 Å². The van der Waals surface area contributed by atoms with Gasteiger partial charge in [0.1, 0.15) is 0 Å². The Kier molecular flexibility index (Phi) is 11.1. The quantitative estimate of drug-likeness (QED) is 0.694. The molecule has 0 aliphatic heterocycles. The fourth-order valence-corrected chi connectivity index (χ4v) is 13.8. The molecule has 0 amide bonds. The van der Waals surface area contributed by atoms with Gasteiger partial charge in [-0.3, -0.25) is 0 Å². The molecule has 2 N–H and O–H groups in total. The van der Waals surface area contributed by atoms with Crippen LogP contribution in [0.5, 0.6) is 0 Å². The molecule has 0 saturated heterocycles. The Hall–Kier alpha value is 0.998. The van der Waals surface area contributed by atoms with E-state index in [-0.39, 0.29) is 12.4 Å². The third-order valence-electron chi connectivity index (χ3n) is 1.11. The minimum atomic E-state index is -2.48. The van der Waals surface area contributed by atoms with E-state index in [0.717, 1.165) is 0 Å². The van der Waals surface area contributed by atoms with E-state index in [4.69, 9.17) is 17.8 Å². The van der Waals surface area contributed by atoms with Crippen molar-refractivity contribution >= 4 is 33.8 Å². The van der Waals surface area contributed by atoms with E-state index in [2.05, 4.69) is 39.3 Å². The molecule has 0 atom stereocenters. The molecule has 19 heavy (non-hydrogen) atoms. The van der Waals surface area contributed by atoms with Gasteiger partial charge in [0.05, 0.1) is 0 Å². The van der Waals surface area contributed by atoms with Crippen LogP contribution in [0.15, 0.2) is 0 Å². The van der Waals surface area contributed by atoms with Crippen LogP contribution in [0, 0.1) is 0 Å². The monoisotopic (exact) mass is 363 g/mol. The maximum Gasteiger partial charge on any atom is 0.320 e. The molecule has 120 valence electrons. The van der Waals surface area contributed by atoms with Gasteiger partial charge in [-0.1, -0.05) is 0 Å². The second-order valence-electron chi connectivity index (χ2n) is 7.32. The summed E-state index contributed by atoms with van der Waals surface area (Å²) in [6.07, 6.45) is 0. The highest BCUT2D eigenvalue weighted by molar-refractivity contribution is 6.83. The molecular weight excluding hydrogens is 332 g/mol. The van der Waals surface area contributed by atoms with Gasteiger partial charge in [0.25, 0.3) is 0 Å².